The number of hydrogen-bond acceptors (Lipinski definition) is 2. The summed E-state index contributed by atoms with van der Waals surface area (Å²) in [5.74, 6) is -0.220. The third kappa shape index (κ3) is 4.11. The molecule has 0 saturated heterocycles. The molecule has 0 aromatic heterocycles. The molecule has 0 unspecified atom stereocenters. The fourth-order valence-electron chi connectivity index (χ4n) is 3.49. The van der Waals surface area contributed by atoms with Crippen LogP contribution in [0.3, 0.4) is 0 Å². The minimum absolute atomic E-state index is 0.110. The molecule has 0 aliphatic heterocycles. The smallest absolute Gasteiger partial charge is 0.152 e. The van der Waals surface area contributed by atoms with Crippen LogP contribution in [0.1, 0.15) is 49.9 Å². The summed E-state index contributed by atoms with van der Waals surface area (Å²) in [4.78, 5) is 0. The van der Waals surface area contributed by atoms with Gasteiger partial charge in [-0.15, -0.1) is 0 Å². The van der Waals surface area contributed by atoms with Gasteiger partial charge in [0.05, 0.1) is 20.1 Å². The van der Waals surface area contributed by atoms with Crippen molar-refractivity contribution in [3.05, 3.63) is 90.9 Å². The predicted molar refractivity (Wildman–Crippen MR) is 127 cm³/mol. The molecule has 0 radical (unpaired) electrons. The molecule has 0 spiro atoms. The van der Waals surface area contributed by atoms with E-state index in [0.29, 0.717) is 0 Å². The lowest BCUT2D eigenvalue weighted by molar-refractivity contribution is 0.474. The summed E-state index contributed by atoms with van der Waals surface area (Å²) >= 11 is 24.5. The highest BCUT2D eigenvalue weighted by atomic mass is 35.5. The molecule has 0 aliphatic carbocycles. The van der Waals surface area contributed by atoms with Crippen LogP contribution in [0.15, 0.2) is 48.5 Å². The van der Waals surface area contributed by atoms with Crippen molar-refractivity contribution in [2.75, 3.05) is 0 Å². The van der Waals surface area contributed by atoms with E-state index in [1.54, 1.807) is 24.3 Å². The molecule has 0 heterocycles. The van der Waals surface area contributed by atoms with Crippen molar-refractivity contribution in [3.8, 4) is 11.5 Å². The first-order valence-electron chi connectivity index (χ1n) is 9.33. The van der Waals surface area contributed by atoms with Crippen LogP contribution >= 0.6 is 46.4 Å². The summed E-state index contributed by atoms with van der Waals surface area (Å²) < 4.78 is 0. The van der Waals surface area contributed by atoms with E-state index in [4.69, 9.17) is 46.4 Å². The van der Waals surface area contributed by atoms with Crippen molar-refractivity contribution in [1.29, 1.82) is 0 Å². The molecule has 0 atom stereocenters. The quantitative estimate of drug-likeness (QED) is 0.391. The number of phenolic OH excluding ortho intramolecular Hbond substituents is 2. The van der Waals surface area contributed by atoms with Gasteiger partial charge in [0, 0.05) is 10.8 Å². The SMILES string of the molecule is CC(C)(c1ccc(C(C)(C)c2cc(Cl)c(O)c(Cl)c2)cc1)c1cc(Cl)c(O)c(Cl)c1. The summed E-state index contributed by atoms with van der Waals surface area (Å²) in [5, 5.41) is 20.6. The van der Waals surface area contributed by atoms with Gasteiger partial charge in [-0.3, -0.25) is 0 Å². The van der Waals surface area contributed by atoms with Gasteiger partial charge in [0.15, 0.2) is 11.5 Å². The van der Waals surface area contributed by atoms with E-state index >= 15 is 0 Å². The zero-order valence-corrected chi connectivity index (χ0v) is 20.0. The standard InChI is InChI=1S/C24H22Cl4O2/c1-23(2,15-9-17(25)21(29)18(26)10-15)13-5-7-14(8-6-13)24(3,4)16-11-19(27)22(30)20(28)12-16/h5-12,29-30H,1-4H3. The lowest BCUT2D eigenvalue weighted by atomic mass is 9.74. The van der Waals surface area contributed by atoms with Crippen LogP contribution in [0.25, 0.3) is 0 Å². The van der Waals surface area contributed by atoms with Gasteiger partial charge in [-0.1, -0.05) is 98.4 Å². The van der Waals surface area contributed by atoms with Gasteiger partial charge in [0.25, 0.3) is 0 Å². The van der Waals surface area contributed by atoms with Crippen LogP contribution in [0.2, 0.25) is 20.1 Å². The Morgan fingerprint density at radius 3 is 0.967 bits per heavy atom. The van der Waals surface area contributed by atoms with Crippen molar-refractivity contribution in [3.63, 3.8) is 0 Å². The highest BCUT2D eigenvalue weighted by Gasteiger charge is 2.28. The number of hydrogen-bond donors (Lipinski definition) is 2. The van der Waals surface area contributed by atoms with Gasteiger partial charge < -0.3 is 10.2 Å². The maximum atomic E-state index is 9.86. The Kier molecular flexibility index (Phi) is 6.28. The molecule has 3 rings (SSSR count). The van der Waals surface area contributed by atoms with E-state index < -0.39 is 0 Å². The van der Waals surface area contributed by atoms with Crippen molar-refractivity contribution < 1.29 is 10.2 Å². The fraction of sp³-hybridized carbons (Fsp3) is 0.250. The van der Waals surface area contributed by atoms with Crippen molar-refractivity contribution in [2.24, 2.45) is 0 Å². The van der Waals surface area contributed by atoms with E-state index in [9.17, 15) is 10.2 Å². The first-order chi connectivity index (χ1) is 13.9. The van der Waals surface area contributed by atoms with E-state index in [2.05, 4.69) is 52.0 Å². The average molecular weight is 484 g/mol. The Bertz CT molecular complexity index is 968. The van der Waals surface area contributed by atoms with Gasteiger partial charge in [0.1, 0.15) is 0 Å². The van der Waals surface area contributed by atoms with Crippen LogP contribution < -0.4 is 0 Å². The zero-order valence-electron chi connectivity index (χ0n) is 17.0. The van der Waals surface area contributed by atoms with Crippen LogP contribution in [-0.2, 0) is 10.8 Å². The van der Waals surface area contributed by atoms with Gasteiger partial charge in [0.2, 0.25) is 0 Å². The normalized spacial score (nSPS) is 12.3. The summed E-state index contributed by atoms with van der Waals surface area (Å²) in [6.07, 6.45) is 0. The molecule has 3 aromatic carbocycles. The number of benzene rings is 3. The van der Waals surface area contributed by atoms with Crippen LogP contribution in [0.5, 0.6) is 11.5 Å². The highest BCUT2D eigenvalue weighted by Crippen LogP contribution is 2.42. The van der Waals surface area contributed by atoms with Crippen molar-refractivity contribution in [2.45, 2.75) is 38.5 Å². The summed E-state index contributed by atoms with van der Waals surface area (Å²) in [7, 11) is 0. The fourth-order valence-corrected chi connectivity index (χ4v) is 4.46. The minimum Gasteiger partial charge on any atom is -0.505 e. The molecule has 2 N–H and O–H groups in total. The Balaban J connectivity index is 1.99. The van der Waals surface area contributed by atoms with E-state index in [-0.39, 0.29) is 42.4 Å². The van der Waals surface area contributed by atoms with E-state index in [1.165, 1.54) is 0 Å². The maximum absolute atomic E-state index is 9.86. The number of phenols is 2. The number of halogens is 4. The second-order valence-corrected chi connectivity index (χ2v) is 10.0. The summed E-state index contributed by atoms with van der Waals surface area (Å²) in [5.41, 5.74) is 3.19. The van der Waals surface area contributed by atoms with E-state index in [0.717, 1.165) is 22.3 Å². The Morgan fingerprint density at radius 2 is 0.733 bits per heavy atom. The minimum atomic E-state index is -0.380. The van der Waals surface area contributed by atoms with Gasteiger partial charge in [-0.05, 0) is 46.5 Å². The summed E-state index contributed by atoms with van der Waals surface area (Å²) in [6.45, 7) is 8.30. The Labute approximate surface area is 197 Å². The molecule has 0 aliphatic rings. The van der Waals surface area contributed by atoms with Gasteiger partial charge >= 0.3 is 0 Å². The molecule has 158 valence electrons. The molecule has 2 nitrogen and oxygen atoms in total. The topological polar surface area (TPSA) is 40.5 Å². The predicted octanol–water partition coefficient (Wildman–Crippen LogP) is 8.36. The van der Waals surface area contributed by atoms with Gasteiger partial charge in [-0.2, -0.15) is 0 Å². The highest BCUT2D eigenvalue weighted by molar-refractivity contribution is 6.37. The van der Waals surface area contributed by atoms with E-state index in [1.807, 2.05) is 0 Å². The lowest BCUT2D eigenvalue weighted by Gasteiger charge is -2.30. The molecule has 30 heavy (non-hydrogen) atoms. The maximum Gasteiger partial charge on any atom is 0.152 e. The third-order valence-electron chi connectivity index (χ3n) is 5.81. The number of aromatic hydroxyl groups is 2. The monoisotopic (exact) mass is 482 g/mol. The molecule has 0 saturated carbocycles. The summed E-state index contributed by atoms with van der Waals surface area (Å²) in [6, 6.07) is 15.2. The number of rotatable bonds is 4. The van der Waals surface area contributed by atoms with Crippen LogP contribution in [-0.4, -0.2) is 10.2 Å². The first kappa shape index (κ1) is 23.1. The second-order valence-electron chi connectivity index (χ2n) is 8.40. The lowest BCUT2D eigenvalue weighted by Crippen LogP contribution is -2.21. The molecular formula is C24H22Cl4O2. The molecular weight excluding hydrogens is 462 g/mol. The third-order valence-corrected chi connectivity index (χ3v) is 6.96. The zero-order chi connectivity index (χ0) is 22.4. The van der Waals surface area contributed by atoms with Gasteiger partial charge in [-0.25, -0.2) is 0 Å². The first-order valence-corrected chi connectivity index (χ1v) is 10.8. The Hall–Kier alpha value is -1.58. The van der Waals surface area contributed by atoms with Crippen LogP contribution in [0, 0.1) is 0 Å². The largest absolute Gasteiger partial charge is 0.505 e. The molecule has 0 amide bonds. The molecule has 6 heteroatoms. The van der Waals surface area contributed by atoms with Crippen molar-refractivity contribution >= 4 is 46.4 Å². The van der Waals surface area contributed by atoms with Crippen LogP contribution in [0.4, 0.5) is 0 Å². The molecule has 3 aromatic rings. The van der Waals surface area contributed by atoms with Crippen molar-refractivity contribution in [1.82, 2.24) is 0 Å². The molecule has 0 fully saturated rings. The molecule has 0 bridgehead atoms. The average Bonchev–Trinajstić information content (AvgIpc) is 2.69. The Morgan fingerprint density at radius 1 is 0.500 bits per heavy atom. The second kappa shape index (κ2) is 8.16.